The third kappa shape index (κ3) is 2.52. The molecule has 0 bridgehead atoms. The van der Waals surface area contributed by atoms with E-state index in [1.165, 1.54) is 0 Å². The van der Waals surface area contributed by atoms with E-state index >= 15 is 0 Å². The van der Waals surface area contributed by atoms with E-state index < -0.39 is 0 Å². The number of anilines is 1. The quantitative estimate of drug-likeness (QED) is 0.777. The molecule has 0 unspecified atom stereocenters. The van der Waals surface area contributed by atoms with Crippen molar-refractivity contribution in [3.63, 3.8) is 0 Å². The first-order valence-electron chi connectivity index (χ1n) is 7.78. The van der Waals surface area contributed by atoms with E-state index in [9.17, 15) is 9.59 Å². The van der Waals surface area contributed by atoms with Crippen LogP contribution < -0.4 is 5.32 Å². The van der Waals surface area contributed by atoms with Gasteiger partial charge in [-0.3, -0.25) is 14.6 Å². The smallest absolute Gasteiger partial charge is 0.256 e. The van der Waals surface area contributed by atoms with E-state index in [1.54, 1.807) is 35.6 Å². The van der Waals surface area contributed by atoms with Gasteiger partial charge >= 0.3 is 0 Å². The second-order valence-electron chi connectivity index (χ2n) is 5.89. The molecule has 6 nitrogen and oxygen atoms in total. The van der Waals surface area contributed by atoms with Crippen molar-refractivity contribution in [1.29, 1.82) is 0 Å². The molecule has 0 atom stereocenters. The summed E-state index contributed by atoms with van der Waals surface area (Å²) < 4.78 is 0. The molecule has 2 aromatic heterocycles. The molecule has 0 spiro atoms. The van der Waals surface area contributed by atoms with Crippen molar-refractivity contribution in [2.24, 2.45) is 5.92 Å². The molecule has 0 radical (unpaired) electrons. The van der Waals surface area contributed by atoms with Gasteiger partial charge < -0.3 is 15.2 Å². The van der Waals surface area contributed by atoms with Crippen LogP contribution in [0.5, 0.6) is 0 Å². The highest BCUT2D eigenvalue weighted by molar-refractivity contribution is 6.07. The van der Waals surface area contributed by atoms with Crippen LogP contribution in [0.15, 0.2) is 55.0 Å². The number of para-hydroxylation sites is 1. The van der Waals surface area contributed by atoms with Crippen LogP contribution in [-0.4, -0.2) is 39.8 Å². The summed E-state index contributed by atoms with van der Waals surface area (Å²) in [7, 11) is 0. The molecule has 2 amide bonds. The maximum atomic E-state index is 12.6. The third-order valence-corrected chi connectivity index (χ3v) is 4.29. The van der Waals surface area contributed by atoms with Crippen molar-refractivity contribution in [1.82, 2.24) is 14.9 Å². The lowest BCUT2D eigenvalue weighted by Crippen LogP contribution is -2.54. The maximum Gasteiger partial charge on any atom is 0.256 e. The average Bonchev–Trinajstić information content (AvgIpc) is 2.98. The van der Waals surface area contributed by atoms with Gasteiger partial charge in [0.15, 0.2) is 0 Å². The molecule has 4 rings (SSSR count). The van der Waals surface area contributed by atoms with Gasteiger partial charge in [0.05, 0.1) is 23.4 Å². The van der Waals surface area contributed by atoms with Gasteiger partial charge in [-0.1, -0.05) is 18.2 Å². The molecular weight excluding hydrogens is 304 g/mol. The molecule has 2 N–H and O–H groups in total. The maximum absolute atomic E-state index is 12.6. The number of rotatable bonds is 3. The molecule has 3 heterocycles. The number of carbonyl (C=O) groups excluding carboxylic acids is 2. The minimum Gasteiger partial charge on any atom is -0.360 e. The Labute approximate surface area is 138 Å². The first-order valence-corrected chi connectivity index (χ1v) is 7.78. The molecule has 6 heteroatoms. The average molecular weight is 320 g/mol. The highest BCUT2D eigenvalue weighted by Gasteiger charge is 2.36. The Balaban J connectivity index is 1.40. The predicted molar refractivity (Wildman–Crippen MR) is 90.6 cm³/mol. The Morgan fingerprint density at radius 3 is 2.79 bits per heavy atom. The van der Waals surface area contributed by atoms with Crippen LogP contribution in [0.1, 0.15) is 10.4 Å². The van der Waals surface area contributed by atoms with Gasteiger partial charge in [-0.15, -0.1) is 0 Å². The van der Waals surface area contributed by atoms with E-state index in [-0.39, 0.29) is 17.7 Å². The van der Waals surface area contributed by atoms with Crippen molar-refractivity contribution in [3.8, 4) is 0 Å². The van der Waals surface area contributed by atoms with Crippen molar-refractivity contribution in [2.75, 3.05) is 18.4 Å². The topological polar surface area (TPSA) is 78.1 Å². The number of aromatic amines is 1. The molecule has 1 aromatic carbocycles. The van der Waals surface area contributed by atoms with E-state index in [1.807, 2.05) is 24.3 Å². The van der Waals surface area contributed by atoms with Gasteiger partial charge in [-0.25, -0.2) is 0 Å². The Kier molecular flexibility index (Phi) is 3.49. The van der Waals surface area contributed by atoms with Crippen LogP contribution in [0, 0.1) is 5.92 Å². The zero-order chi connectivity index (χ0) is 16.5. The van der Waals surface area contributed by atoms with Gasteiger partial charge in [0.2, 0.25) is 5.91 Å². The summed E-state index contributed by atoms with van der Waals surface area (Å²) in [6.07, 6.45) is 4.99. The summed E-state index contributed by atoms with van der Waals surface area (Å²) >= 11 is 0. The molecular formula is C18H16N4O2. The zero-order valence-electron chi connectivity index (χ0n) is 12.9. The number of amides is 2. The summed E-state index contributed by atoms with van der Waals surface area (Å²) in [5.74, 6) is -0.303. The number of fused-ring (bicyclic) bond motifs is 1. The van der Waals surface area contributed by atoms with E-state index in [4.69, 9.17) is 0 Å². The summed E-state index contributed by atoms with van der Waals surface area (Å²) in [6.45, 7) is 0.870. The molecule has 1 fully saturated rings. The van der Waals surface area contributed by atoms with Crippen molar-refractivity contribution in [3.05, 3.63) is 60.6 Å². The summed E-state index contributed by atoms with van der Waals surface area (Å²) in [4.78, 5) is 33.5. The van der Waals surface area contributed by atoms with Crippen molar-refractivity contribution in [2.45, 2.75) is 0 Å². The molecule has 1 saturated heterocycles. The molecule has 24 heavy (non-hydrogen) atoms. The van der Waals surface area contributed by atoms with E-state index in [0.29, 0.717) is 24.3 Å². The first kappa shape index (κ1) is 14.4. The number of nitrogens with one attached hydrogen (secondary N) is 2. The minimum absolute atomic E-state index is 0.0436. The number of likely N-dealkylation sites (tertiary alicyclic amines) is 1. The number of benzene rings is 1. The van der Waals surface area contributed by atoms with Crippen LogP contribution in [0.2, 0.25) is 0 Å². The second kappa shape index (κ2) is 5.81. The fourth-order valence-electron chi connectivity index (χ4n) is 2.91. The van der Waals surface area contributed by atoms with Crippen LogP contribution in [0.4, 0.5) is 5.69 Å². The van der Waals surface area contributed by atoms with Gasteiger partial charge in [-0.2, -0.15) is 0 Å². The van der Waals surface area contributed by atoms with Crippen LogP contribution >= 0.6 is 0 Å². The lowest BCUT2D eigenvalue weighted by atomic mass is 9.97. The highest BCUT2D eigenvalue weighted by Crippen LogP contribution is 2.24. The number of aromatic nitrogens is 2. The molecule has 1 aliphatic heterocycles. The second-order valence-corrected chi connectivity index (χ2v) is 5.89. The Hall–Kier alpha value is -3.15. The van der Waals surface area contributed by atoms with E-state index in [2.05, 4.69) is 15.3 Å². The van der Waals surface area contributed by atoms with Crippen molar-refractivity contribution < 1.29 is 9.59 Å². The number of carbonyl (C=O) groups is 2. The largest absolute Gasteiger partial charge is 0.360 e. The lowest BCUT2D eigenvalue weighted by molar-refractivity contribution is -0.123. The molecule has 0 saturated carbocycles. The van der Waals surface area contributed by atoms with E-state index in [0.717, 1.165) is 10.9 Å². The van der Waals surface area contributed by atoms with Gasteiger partial charge in [0.1, 0.15) is 0 Å². The molecule has 3 aromatic rings. The standard InChI is InChI=1S/C18H16N4O2/c23-17(21-13-4-3-7-19-8-13)12-10-22(11-12)18(24)15-9-20-16-6-2-1-5-14(15)16/h1-9,12,20H,10-11H2,(H,21,23). The van der Waals surface area contributed by atoms with Gasteiger partial charge in [0.25, 0.3) is 5.91 Å². The van der Waals surface area contributed by atoms with Crippen LogP contribution in [-0.2, 0) is 4.79 Å². The number of hydrogen-bond acceptors (Lipinski definition) is 3. The van der Waals surface area contributed by atoms with Crippen LogP contribution in [0.3, 0.4) is 0 Å². The molecule has 1 aliphatic rings. The Morgan fingerprint density at radius 2 is 2.00 bits per heavy atom. The number of pyridine rings is 1. The molecule has 0 aliphatic carbocycles. The highest BCUT2D eigenvalue weighted by atomic mass is 16.2. The Morgan fingerprint density at radius 1 is 1.17 bits per heavy atom. The first-order chi connectivity index (χ1) is 11.7. The summed E-state index contributed by atoms with van der Waals surface area (Å²) in [5.41, 5.74) is 2.26. The third-order valence-electron chi connectivity index (χ3n) is 4.29. The fourth-order valence-corrected chi connectivity index (χ4v) is 2.91. The zero-order valence-corrected chi connectivity index (χ0v) is 12.9. The minimum atomic E-state index is -0.181. The van der Waals surface area contributed by atoms with Gasteiger partial charge in [-0.05, 0) is 18.2 Å². The summed E-state index contributed by atoms with van der Waals surface area (Å²) in [6, 6.07) is 11.3. The number of nitrogens with zero attached hydrogens (tertiary/aromatic N) is 2. The molecule has 120 valence electrons. The SMILES string of the molecule is O=C(Nc1cccnc1)C1CN(C(=O)c2c[nH]c3ccccc23)C1. The monoisotopic (exact) mass is 320 g/mol. The van der Waals surface area contributed by atoms with Crippen LogP contribution in [0.25, 0.3) is 10.9 Å². The lowest BCUT2D eigenvalue weighted by Gasteiger charge is -2.38. The number of H-pyrrole nitrogens is 1. The predicted octanol–water partition coefficient (Wildman–Crippen LogP) is 2.27. The normalized spacial score (nSPS) is 14.4. The Bertz CT molecular complexity index is 898. The summed E-state index contributed by atoms with van der Waals surface area (Å²) in [5, 5.41) is 3.73. The fraction of sp³-hybridized carbons (Fsp3) is 0.167. The van der Waals surface area contributed by atoms with Gasteiger partial charge in [0, 0.05) is 36.4 Å². The van der Waals surface area contributed by atoms with Crippen molar-refractivity contribution >= 4 is 28.4 Å². The number of hydrogen-bond donors (Lipinski definition) is 2.